The van der Waals surface area contributed by atoms with Crippen LogP contribution in [0.15, 0.2) is 24.3 Å². The van der Waals surface area contributed by atoms with Gasteiger partial charge in [0.25, 0.3) is 0 Å². The maximum Gasteiger partial charge on any atom is 0.319 e. The Balaban J connectivity index is 2.26. The van der Waals surface area contributed by atoms with Crippen LogP contribution in [-0.2, 0) is 10.2 Å². The van der Waals surface area contributed by atoms with E-state index in [1.54, 1.807) is 0 Å². The molecule has 1 aromatic carbocycles. The molecule has 1 aromatic rings. The minimum atomic E-state index is -0.156. The minimum absolute atomic E-state index is 0.00862. The predicted molar refractivity (Wildman–Crippen MR) is 111 cm³/mol. The van der Waals surface area contributed by atoms with Gasteiger partial charge in [-0.25, -0.2) is 4.79 Å². The lowest BCUT2D eigenvalue weighted by molar-refractivity contribution is 0.0925. The number of unbranched alkanes of at least 4 members (excludes halogenated alkanes) is 1. The van der Waals surface area contributed by atoms with Crippen LogP contribution in [0.3, 0.4) is 0 Å². The highest BCUT2D eigenvalue weighted by molar-refractivity contribution is 5.90. The summed E-state index contributed by atoms with van der Waals surface area (Å²) in [6.45, 7) is 13.0. The van der Waals surface area contributed by atoms with Crippen molar-refractivity contribution in [3.05, 3.63) is 29.8 Å². The molecule has 1 unspecified atom stereocenters. The lowest BCUT2D eigenvalue weighted by atomic mass is 9.86. The van der Waals surface area contributed by atoms with Crippen molar-refractivity contribution in [2.24, 2.45) is 5.92 Å². The Morgan fingerprint density at radius 1 is 1.15 bits per heavy atom. The topological polar surface area (TPSA) is 50.4 Å². The monoisotopic (exact) mass is 362 g/mol. The molecule has 0 aliphatic carbocycles. The van der Waals surface area contributed by atoms with Gasteiger partial charge in [0, 0.05) is 25.4 Å². The number of rotatable bonds is 11. The third-order valence-corrected chi connectivity index (χ3v) is 4.63. The van der Waals surface area contributed by atoms with Crippen LogP contribution in [0.5, 0.6) is 0 Å². The molecule has 26 heavy (non-hydrogen) atoms. The molecule has 0 heterocycles. The van der Waals surface area contributed by atoms with Crippen LogP contribution in [0.25, 0.3) is 0 Å². The number of carbonyl (C=O) groups excluding carboxylic acids is 1. The Bertz CT molecular complexity index is 523. The molecule has 4 heteroatoms. The van der Waals surface area contributed by atoms with E-state index in [-0.39, 0.29) is 11.4 Å². The lowest BCUT2D eigenvalue weighted by Gasteiger charge is -2.23. The number of anilines is 1. The van der Waals surface area contributed by atoms with E-state index in [0.717, 1.165) is 24.3 Å². The van der Waals surface area contributed by atoms with Crippen LogP contribution < -0.4 is 10.6 Å². The van der Waals surface area contributed by atoms with Gasteiger partial charge < -0.3 is 15.4 Å². The summed E-state index contributed by atoms with van der Waals surface area (Å²) >= 11 is 0. The van der Waals surface area contributed by atoms with Crippen molar-refractivity contribution in [1.29, 1.82) is 0 Å². The first-order chi connectivity index (χ1) is 12.4. The molecule has 0 aliphatic rings. The summed E-state index contributed by atoms with van der Waals surface area (Å²) in [7, 11) is 0. The van der Waals surface area contributed by atoms with E-state index in [0.29, 0.717) is 19.1 Å². The number of hydrogen-bond acceptors (Lipinski definition) is 2. The van der Waals surface area contributed by atoms with Crippen LogP contribution in [-0.4, -0.2) is 25.8 Å². The predicted octanol–water partition coefficient (Wildman–Crippen LogP) is 5.73. The average Bonchev–Trinajstić information content (AvgIpc) is 2.60. The van der Waals surface area contributed by atoms with Gasteiger partial charge in [-0.3, -0.25) is 0 Å². The summed E-state index contributed by atoms with van der Waals surface area (Å²) < 4.78 is 5.78. The first kappa shape index (κ1) is 22.5. The maximum atomic E-state index is 12.1. The number of carbonyl (C=O) groups is 1. The van der Waals surface area contributed by atoms with Crippen molar-refractivity contribution in [2.75, 3.05) is 25.1 Å². The van der Waals surface area contributed by atoms with E-state index in [1.807, 2.05) is 18.2 Å². The Morgan fingerprint density at radius 2 is 1.88 bits per heavy atom. The first-order valence-corrected chi connectivity index (χ1v) is 10.1. The van der Waals surface area contributed by atoms with Crippen LogP contribution in [0.2, 0.25) is 0 Å². The standard InChI is InChI=1S/C22H38N2O2/c1-6-8-12-18(7-2)17-26-16-11-15-23-21(25)24-20-14-10-9-13-19(20)22(3,4)5/h9-10,13-14,18H,6-8,11-12,15-17H2,1-5H3,(H2,23,24,25). The minimum Gasteiger partial charge on any atom is -0.381 e. The summed E-state index contributed by atoms with van der Waals surface area (Å²) in [6, 6.07) is 7.80. The molecule has 0 saturated heterocycles. The molecule has 2 amide bonds. The number of nitrogens with one attached hydrogen (secondary N) is 2. The largest absolute Gasteiger partial charge is 0.381 e. The quantitative estimate of drug-likeness (QED) is 0.494. The molecule has 0 aromatic heterocycles. The summed E-state index contributed by atoms with van der Waals surface area (Å²) in [5.74, 6) is 0.667. The molecule has 0 fully saturated rings. The van der Waals surface area contributed by atoms with Crippen LogP contribution in [0.1, 0.15) is 72.3 Å². The number of amides is 2. The lowest BCUT2D eigenvalue weighted by Crippen LogP contribution is -2.31. The van der Waals surface area contributed by atoms with Crippen molar-refractivity contribution in [1.82, 2.24) is 5.32 Å². The second kappa shape index (κ2) is 11.9. The molecular formula is C22H38N2O2. The van der Waals surface area contributed by atoms with Crippen molar-refractivity contribution in [2.45, 2.75) is 72.1 Å². The third kappa shape index (κ3) is 8.70. The summed E-state index contributed by atoms with van der Waals surface area (Å²) in [4.78, 5) is 12.1. The van der Waals surface area contributed by atoms with Gasteiger partial charge in [0.05, 0.1) is 0 Å². The Morgan fingerprint density at radius 3 is 2.54 bits per heavy atom. The normalized spacial score (nSPS) is 12.7. The zero-order chi connectivity index (χ0) is 19.4. The summed E-state index contributed by atoms with van der Waals surface area (Å²) in [5, 5.41) is 5.88. The highest BCUT2D eigenvalue weighted by Gasteiger charge is 2.18. The van der Waals surface area contributed by atoms with E-state index >= 15 is 0 Å². The molecule has 1 atom stereocenters. The number of hydrogen-bond donors (Lipinski definition) is 2. The Kier molecular flexibility index (Phi) is 10.3. The van der Waals surface area contributed by atoms with Gasteiger partial charge in [-0.15, -0.1) is 0 Å². The van der Waals surface area contributed by atoms with Gasteiger partial charge in [-0.2, -0.15) is 0 Å². The third-order valence-electron chi connectivity index (χ3n) is 4.63. The highest BCUT2D eigenvalue weighted by Crippen LogP contribution is 2.29. The molecular weight excluding hydrogens is 324 g/mol. The Hall–Kier alpha value is -1.55. The van der Waals surface area contributed by atoms with Crippen molar-refractivity contribution >= 4 is 11.7 Å². The number of benzene rings is 1. The number of ether oxygens (including phenoxy) is 1. The van der Waals surface area contributed by atoms with Crippen molar-refractivity contribution < 1.29 is 9.53 Å². The Labute approximate surface area is 160 Å². The van der Waals surface area contributed by atoms with Crippen LogP contribution in [0, 0.1) is 5.92 Å². The van der Waals surface area contributed by atoms with Gasteiger partial charge in [-0.1, -0.05) is 72.1 Å². The van der Waals surface area contributed by atoms with E-state index < -0.39 is 0 Å². The van der Waals surface area contributed by atoms with Gasteiger partial charge in [0.2, 0.25) is 0 Å². The molecule has 0 aliphatic heterocycles. The fraction of sp³-hybridized carbons (Fsp3) is 0.682. The second-order valence-corrected chi connectivity index (χ2v) is 8.02. The van der Waals surface area contributed by atoms with E-state index in [2.05, 4.69) is 51.3 Å². The van der Waals surface area contributed by atoms with Gasteiger partial charge in [0.1, 0.15) is 0 Å². The molecule has 2 N–H and O–H groups in total. The highest BCUT2D eigenvalue weighted by atomic mass is 16.5. The number of urea groups is 1. The number of para-hydroxylation sites is 1. The second-order valence-electron chi connectivity index (χ2n) is 8.02. The fourth-order valence-corrected chi connectivity index (χ4v) is 2.94. The van der Waals surface area contributed by atoms with E-state index in [4.69, 9.17) is 4.74 Å². The molecule has 148 valence electrons. The molecule has 1 rings (SSSR count). The maximum absolute atomic E-state index is 12.1. The summed E-state index contributed by atoms with van der Waals surface area (Å²) in [5.41, 5.74) is 2.00. The molecule has 4 nitrogen and oxygen atoms in total. The average molecular weight is 363 g/mol. The molecule has 0 saturated carbocycles. The van der Waals surface area contributed by atoms with Gasteiger partial charge in [-0.05, 0) is 35.8 Å². The van der Waals surface area contributed by atoms with Crippen LogP contribution in [0.4, 0.5) is 10.5 Å². The molecule has 0 spiro atoms. The molecule has 0 bridgehead atoms. The SMILES string of the molecule is CCCCC(CC)COCCCNC(=O)Nc1ccccc1C(C)(C)C. The van der Waals surface area contributed by atoms with Gasteiger partial charge >= 0.3 is 6.03 Å². The van der Waals surface area contributed by atoms with Crippen molar-refractivity contribution in [3.8, 4) is 0 Å². The smallest absolute Gasteiger partial charge is 0.319 e. The zero-order valence-corrected chi connectivity index (χ0v) is 17.4. The van der Waals surface area contributed by atoms with Crippen LogP contribution >= 0.6 is 0 Å². The van der Waals surface area contributed by atoms with E-state index in [1.165, 1.54) is 25.7 Å². The fourth-order valence-electron chi connectivity index (χ4n) is 2.94. The molecule has 0 radical (unpaired) electrons. The summed E-state index contributed by atoms with van der Waals surface area (Å²) in [6.07, 6.45) is 5.78. The van der Waals surface area contributed by atoms with Gasteiger partial charge in [0.15, 0.2) is 0 Å². The zero-order valence-electron chi connectivity index (χ0n) is 17.4. The first-order valence-electron chi connectivity index (χ1n) is 10.1. The van der Waals surface area contributed by atoms with E-state index in [9.17, 15) is 4.79 Å². The van der Waals surface area contributed by atoms with Crippen molar-refractivity contribution in [3.63, 3.8) is 0 Å².